The van der Waals surface area contributed by atoms with E-state index in [1.807, 2.05) is 57.3 Å². The number of hydrogen-bond donors (Lipinski definition) is 0. The molecule has 0 bridgehead atoms. The van der Waals surface area contributed by atoms with Gasteiger partial charge in [-0.15, -0.1) is 11.6 Å². The molecule has 2 nitrogen and oxygen atoms in total. The van der Waals surface area contributed by atoms with Gasteiger partial charge in [-0.25, -0.2) is 0 Å². The lowest BCUT2D eigenvalue weighted by molar-refractivity contribution is 0.0676. The molecule has 1 rings (SSSR count). The van der Waals surface area contributed by atoms with Crippen molar-refractivity contribution in [3.63, 3.8) is 0 Å². The van der Waals surface area contributed by atoms with E-state index in [0.717, 1.165) is 5.56 Å². The summed E-state index contributed by atoms with van der Waals surface area (Å²) in [4.78, 5) is 0. The molecule has 0 saturated heterocycles. The first-order valence-electron chi connectivity index (χ1n) is 6.11. The molecule has 0 aliphatic rings. The van der Waals surface area contributed by atoms with E-state index in [9.17, 15) is 5.26 Å². The van der Waals surface area contributed by atoms with Crippen LogP contribution in [0.15, 0.2) is 30.3 Å². The van der Waals surface area contributed by atoms with E-state index in [2.05, 4.69) is 6.07 Å². The van der Waals surface area contributed by atoms with E-state index < -0.39 is 13.9 Å². The fraction of sp³-hybridized carbons (Fsp3) is 0.500. The number of nitrogens with zero attached hydrogens (tertiary/aromatic N) is 1. The smallest absolute Gasteiger partial charge is 0.203 e. The van der Waals surface area contributed by atoms with Crippen LogP contribution in [0.4, 0.5) is 0 Å². The molecule has 4 heteroatoms. The topological polar surface area (TPSA) is 33.0 Å². The molecule has 1 unspecified atom stereocenters. The molecule has 0 aromatic heterocycles. The first kappa shape index (κ1) is 15.2. The van der Waals surface area contributed by atoms with Crippen molar-refractivity contribution in [2.24, 2.45) is 5.92 Å². The molecule has 0 aliphatic carbocycles. The molecule has 0 saturated carbocycles. The van der Waals surface area contributed by atoms with Crippen molar-refractivity contribution in [2.45, 2.75) is 32.5 Å². The maximum atomic E-state index is 9.66. The molecule has 1 aromatic carbocycles. The summed E-state index contributed by atoms with van der Waals surface area (Å²) in [6.07, 6.45) is 0. The SMILES string of the molecule is CC(C)C(C#N)(O[Si](C)(C)CCl)c1ccccc1. The van der Waals surface area contributed by atoms with Crippen LogP contribution in [0.3, 0.4) is 0 Å². The van der Waals surface area contributed by atoms with E-state index in [-0.39, 0.29) is 5.92 Å². The minimum absolute atomic E-state index is 0.0693. The maximum absolute atomic E-state index is 9.66. The largest absolute Gasteiger partial charge is 0.395 e. The fourth-order valence-corrected chi connectivity index (χ4v) is 3.36. The third kappa shape index (κ3) is 3.14. The van der Waals surface area contributed by atoms with Gasteiger partial charge in [0.1, 0.15) is 6.07 Å². The average Bonchev–Trinajstić information content (AvgIpc) is 2.37. The van der Waals surface area contributed by atoms with Crippen molar-refractivity contribution in [1.82, 2.24) is 0 Å². The van der Waals surface area contributed by atoms with Crippen LogP contribution in [0.1, 0.15) is 19.4 Å². The van der Waals surface area contributed by atoms with Crippen LogP contribution in [-0.4, -0.2) is 13.8 Å². The highest BCUT2D eigenvalue weighted by atomic mass is 35.5. The van der Waals surface area contributed by atoms with Crippen molar-refractivity contribution < 1.29 is 4.43 Å². The Labute approximate surface area is 116 Å². The zero-order valence-electron chi connectivity index (χ0n) is 11.4. The van der Waals surface area contributed by atoms with Crippen LogP contribution in [0.2, 0.25) is 13.1 Å². The Kier molecular flexibility index (Phi) is 4.98. The first-order chi connectivity index (χ1) is 8.38. The fourth-order valence-electron chi connectivity index (χ4n) is 1.88. The lowest BCUT2D eigenvalue weighted by Gasteiger charge is -2.37. The van der Waals surface area contributed by atoms with Crippen LogP contribution in [0.25, 0.3) is 0 Å². The lowest BCUT2D eigenvalue weighted by Crippen LogP contribution is -2.46. The van der Waals surface area contributed by atoms with E-state index in [1.165, 1.54) is 0 Å². The van der Waals surface area contributed by atoms with Crippen LogP contribution in [0, 0.1) is 17.2 Å². The maximum Gasteiger partial charge on any atom is 0.203 e. The Morgan fingerprint density at radius 3 is 2.28 bits per heavy atom. The molecule has 0 fully saturated rings. The summed E-state index contributed by atoms with van der Waals surface area (Å²) in [7, 11) is -2.04. The van der Waals surface area contributed by atoms with Crippen molar-refractivity contribution in [3.8, 4) is 6.07 Å². The Bertz CT molecular complexity index is 427. The van der Waals surface area contributed by atoms with Gasteiger partial charge in [-0.3, -0.25) is 0 Å². The predicted octanol–water partition coefficient (Wildman–Crippen LogP) is 4.06. The van der Waals surface area contributed by atoms with Crippen LogP contribution < -0.4 is 0 Å². The molecule has 98 valence electrons. The minimum Gasteiger partial charge on any atom is -0.395 e. The zero-order valence-corrected chi connectivity index (χ0v) is 13.2. The highest BCUT2D eigenvalue weighted by Gasteiger charge is 2.42. The summed E-state index contributed by atoms with van der Waals surface area (Å²) >= 11 is 5.98. The average molecular weight is 282 g/mol. The van der Waals surface area contributed by atoms with Crippen molar-refractivity contribution in [2.75, 3.05) is 5.50 Å². The second-order valence-corrected chi connectivity index (χ2v) is 10.2. The van der Waals surface area contributed by atoms with Crippen molar-refractivity contribution in [1.29, 1.82) is 5.26 Å². The van der Waals surface area contributed by atoms with Crippen LogP contribution >= 0.6 is 11.6 Å². The van der Waals surface area contributed by atoms with Gasteiger partial charge in [-0.05, 0) is 24.6 Å². The van der Waals surface area contributed by atoms with E-state index in [4.69, 9.17) is 16.0 Å². The molecular formula is C14H20ClNOSi. The molecule has 0 radical (unpaired) electrons. The third-order valence-electron chi connectivity index (χ3n) is 2.94. The molecule has 0 aliphatic heterocycles. The molecule has 0 N–H and O–H groups in total. The van der Waals surface area contributed by atoms with E-state index in [1.54, 1.807) is 0 Å². The molecule has 1 atom stereocenters. The molecular weight excluding hydrogens is 262 g/mol. The zero-order chi connectivity index (χ0) is 13.8. The molecule has 0 spiro atoms. The standard InChI is InChI=1S/C14H20ClNOSi/c1-12(2)14(10-16,17-18(3,4)11-15)13-8-6-5-7-9-13/h5-9,12H,11H2,1-4H3. The monoisotopic (exact) mass is 281 g/mol. The van der Waals surface area contributed by atoms with Crippen molar-refractivity contribution >= 4 is 19.9 Å². The van der Waals surface area contributed by atoms with Crippen LogP contribution in [0.5, 0.6) is 0 Å². The Morgan fingerprint density at radius 1 is 1.33 bits per heavy atom. The quantitative estimate of drug-likeness (QED) is 0.602. The first-order valence-corrected chi connectivity index (χ1v) is 9.76. The summed E-state index contributed by atoms with van der Waals surface area (Å²) in [6.45, 7) is 8.10. The number of nitriles is 1. The van der Waals surface area contributed by atoms with Gasteiger partial charge in [-0.2, -0.15) is 5.26 Å². The normalized spacial score (nSPS) is 15.2. The highest BCUT2D eigenvalue weighted by molar-refractivity contribution is 6.77. The second-order valence-electron chi connectivity index (χ2n) is 5.36. The number of hydrogen-bond acceptors (Lipinski definition) is 2. The van der Waals surface area contributed by atoms with Gasteiger partial charge < -0.3 is 4.43 Å². The summed E-state index contributed by atoms with van der Waals surface area (Å²) in [5.74, 6) is 0.0693. The summed E-state index contributed by atoms with van der Waals surface area (Å²) in [5, 5.41) is 9.66. The van der Waals surface area contributed by atoms with Gasteiger partial charge in [0.25, 0.3) is 0 Å². The van der Waals surface area contributed by atoms with Crippen LogP contribution in [-0.2, 0) is 10.0 Å². The predicted molar refractivity (Wildman–Crippen MR) is 77.9 cm³/mol. The highest BCUT2D eigenvalue weighted by Crippen LogP contribution is 2.36. The molecule has 0 amide bonds. The number of alkyl halides is 1. The number of halogens is 1. The van der Waals surface area contributed by atoms with Gasteiger partial charge in [0.15, 0.2) is 5.60 Å². The molecule has 1 aromatic rings. The summed E-state index contributed by atoms with van der Waals surface area (Å²) in [5.41, 5.74) is 0.496. The Balaban J connectivity index is 3.24. The van der Waals surface area contributed by atoms with Gasteiger partial charge in [-0.1, -0.05) is 44.2 Å². The lowest BCUT2D eigenvalue weighted by atomic mass is 9.85. The van der Waals surface area contributed by atoms with Gasteiger partial charge in [0.05, 0.1) is 0 Å². The van der Waals surface area contributed by atoms with Gasteiger partial charge in [0.2, 0.25) is 8.32 Å². The minimum atomic E-state index is -2.04. The third-order valence-corrected chi connectivity index (χ3v) is 6.39. The van der Waals surface area contributed by atoms with Gasteiger partial charge >= 0.3 is 0 Å². The number of rotatable bonds is 5. The Hall–Kier alpha value is -0.823. The number of benzene rings is 1. The second kappa shape index (κ2) is 5.88. The summed E-state index contributed by atoms with van der Waals surface area (Å²) < 4.78 is 6.22. The molecule has 0 heterocycles. The van der Waals surface area contributed by atoms with E-state index in [0.29, 0.717) is 5.50 Å². The van der Waals surface area contributed by atoms with Crippen molar-refractivity contribution in [3.05, 3.63) is 35.9 Å². The molecule has 18 heavy (non-hydrogen) atoms. The Morgan fingerprint density at radius 2 is 1.89 bits per heavy atom. The summed E-state index contributed by atoms with van der Waals surface area (Å²) in [6, 6.07) is 12.1. The van der Waals surface area contributed by atoms with E-state index >= 15 is 0 Å². The van der Waals surface area contributed by atoms with Gasteiger partial charge in [0, 0.05) is 5.50 Å².